The largest absolute Gasteiger partial charge is 0.497 e. The molecule has 6 nitrogen and oxygen atoms in total. The Morgan fingerprint density at radius 2 is 1.89 bits per heavy atom. The number of benzene rings is 2. The van der Waals surface area contributed by atoms with Crippen LogP contribution in [0.1, 0.15) is 40.3 Å². The number of nitrogens with zero attached hydrogens (tertiary/aromatic N) is 2. The van der Waals surface area contributed by atoms with Crippen LogP contribution < -0.4 is 4.74 Å². The van der Waals surface area contributed by atoms with E-state index in [9.17, 15) is 9.90 Å². The summed E-state index contributed by atoms with van der Waals surface area (Å²) in [4.78, 5) is 15.2. The van der Waals surface area contributed by atoms with Crippen molar-refractivity contribution in [2.75, 3.05) is 13.7 Å². The fourth-order valence-corrected chi connectivity index (χ4v) is 3.57. The van der Waals surface area contributed by atoms with Crippen LogP contribution in [-0.4, -0.2) is 34.7 Å². The second kappa shape index (κ2) is 7.48. The maximum Gasteiger partial charge on any atom is 0.260 e. The van der Waals surface area contributed by atoms with Crippen LogP contribution in [0, 0.1) is 0 Å². The first-order valence-electron chi connectivity index (χ1n) is 9.26. The van der Waals surface area contributed by atoms with Crippen molar-refractivity contribution < 1.29 is 19.2 Å². The molecule has 0 saturated heterocycles. The topological polar surface area (TPSA) is 75.8 Å². The molecule has 1 aliphatic rings. The van der Waals surface area contributed by atoms with E-state index in [2.05, 4.69) is 11.2 Å². The SMILES string of the molecule is COc1ccc(-c2noc([C@H](C)O)c2C(=O)N2CCc3ccccc3C2)cc1. The number of carbonyl (C=O) groups is 1. The highest BCUT2D eigenvalue weighted by atomic mass is 16.5. The number of carbonyl (C=O) groups excluding carboxylic acids is 1. The van der Waals surface area contributed by atoms with Gasteiger partial charge in [-0.15, -0.1) is 0 Å². The van der Waals surface area contributed by atoms with Crippen molar-refractivity contribution in [2.45, 2.75) is 26.0 Å². The predicted octanol–water partition coefficient (Wildman–Crippen LogP) is 3.60. The number of aliphatic hydroxyl groups is 1. The van der Waals surface area contributed by atoms with Gasteiger partial charge in [-0.1, -0.05) is 29.4 Å². The molecule has 0 unspecified atom stereocenters. The highest BCUT2D eigenvalue weighted by Crippen LogP contribution is 2.32. The van der Waals surface area contributed by atoms with Crippen LogP contribution in [0.3, 0.4) is 0 Å². The van der Waals surface area contributed by atoms with Crippen molar-refractivity contribution >= 4 is 5.91 Å². The van der Waals surface area contributed by atoms with Gasteiger partial charge in [0.2, 0.25) is 0 Å². The zero-order valence-electron chi connectivity index (χ0n) is 15.9. The molecule has 144 valence electrons. The van der Waals surface area contributed by atoms with Crippen LogP contribution in [-0.2, 0) is 13.0 Å². The first kappa shape index (κ1) is 18.3. The van der Waals surface area contributed by atoms with E-state index in [-0.39, 0.29) is 11.7 Å². The van der Waals surface area contributed by atoms with Crippen LogP contribution in [0.2, 0.25) is 0 Å². The zero-order chi connectivity index (χ0) is 19.7. The minimum atomic E-state index is -0.935. The van der Waals surface area contributed by atoms with Gasteiger partial charge in [0.25, 0.3) is 5.91 Å². The Hall–Kier alpha value is -3.12. The van der Waals surface area contributed by atoms with E-state index in [1.807, 2.05) is 30.3 Å². The van der Waals surface area contributed by atoms with Gasteiger partial charge in [0.1, 0.15) is 23.1 Å². The molecule has 1 aliphatic heterocycles. The second-order valence-electron chi connectivity index (χ2n) is 6.92. The van der Waals surface area contributed by atoms with Gasteiger partial charge in [0.15, 0.2) is 5.76 Å². The molecular weight excluding hydrogens is 356 g/mol. The minimum Gasteiger partial charge on any atom is -0.497 e. The molecule has 1 atom stereocenters. The zero-order valence-corrected chi connectivity index (χ0v) is 15.9. The van der Waals surface area contributed by atoms with Crippen molar-refractivity contribution in [3.63, 3.8) is 0 Å². The van der Waals surface area contributed by atoms with E-state index in [0.717, 1.165) is 17.5 Å². The number of ether oxygens (including phenoxy) is 1. The fourth-order valence-electron chi connectivity index (χ4n) is 3.57. The van der Waals surface area contributed by atoms with Gasteiger partial charge >= 0.3 is 0 Å². The van der Waals surface area contributed by atoms with Gasteiger partial charge in [-0.25, -0.2) is 0 Å². The van der Waals surface area contributed by atoms with E-state index in [1.54, 1.807) is 31.1 Å². The molecule has 4 rings (SSSR count). The number of amides is 1. The van der Waals surface area contributed by atoms with Crippen LogP contribution in [0.4, 0.5) is 0 Å². The molecule has 28 heavy (non-hydrogen) atoms. The van der Waals surface area contributed by atoms with Crippen molar-refractivity contribution in [1.29, 1.82) is 0 Å². The molecule has 0 fully saturated rings. The van der Waals surface area contributed by atoms with E-state index in [1.165, 1.54) is 5.56 Å². The highest BCUT2D eigenvalue weighted by molar-refractivity contribution is 6.01. The van der Waals surface area contributed by atoms with Crippen LogP contribution >= 0.6 is 0 Å². The monoisotopic (exact) mass is 378 g/mol. The van der Waals surface area contributed by atoms with Crippen molar-refractivity contribution in [3.05, 3.63) is 71.0 Å². The van der Waals surface area contributed by atoms with E-state index in [0.29, 0.717) is 30.1 Å². The summed E-state index contributed by atoms with van der Waals surface area (Å²) in [5.41, 5.74) is 3.89. The maximum absolute atomic E-state index is 13.4. The molecule has 0 bridgehead atoms. The van der Waals surface area contributed by atoms with Crippen LogP contribution in [0.15, 0.2) is 53.1 Å². The van der Waals surface area contributed by atoms with Crippen LogP contribution in [0.25, 0.3) is 11.3 Å². The Morgan fingerprint density at radius 3 is 2.57 bits per heavy atom. The van der Waals surface area contributed by atoms with Gasteiger partial charge in [0.05, 0.1) is 7.11 Å². The Bertz CT molecular complexity index is 992. The summed E-state index contributed by atoms with van der Waals surface area (Å²) in [7, 11) is 1.60. The normalized spacial score (nSPS) is 14.5. The molecule has 1 amide bonds. The summed E-state index contributed by atoms with van der Waals surface area (Å²) < 4.78 is 10.6. The Labute approximate surface area is 163 Å². The van der Waals surface area contributed by atoms with Crippen molar-refractivity contribution in [3.8, 4) is 17.0 Å². The first-order chi connectivity index (χ1) is 13.6. The number of fused-ring (bicyclic) bond motifs is 1. The fraction of sp³-hybridized carbons (Fsp3) is 0.273. The van der Waals surface area contributed by atoms with E-state index in [4.69, 9.17) is 9.26 Å². The summed E-state index contributed by atoms with van der Waals surface area (Å²) in [6, 6.07) is 15.4. The molecule has 3 aromatic rings. The number of methoxy groups -OCH3 is 1. The van der Waals surface area contributed by atoms with Crippen molar-refractivity contribution in [1.82, 2.24) is 10.1 Å². The lowest BCUT2D eigenvalue weighted by atomic mass is 9.98. The average Bonchev–Trinajstić information content (AvgIpc) is 3.18. The Kier molecular flexibility index (Phi) is 4.88. The molecular formula is C22H22N2O4. The van der Waals surface area contributed by atoms with Gasteiger partial charge in [0, 0.05) is 18.7 Å². The summed E-state index contributed by atoms with van der Waals surface area (Å²) in [6.07, 6.45) is -0.134. The number of rotatable bonds is 4. The molecule has 0 saturated carbocycles. The number of aromatic nitrogens is 1. The Morgan fingerprint density at radius 1 is 1.18 bits per heavy atom. The molecule has 1 aromatic heterocycles. The van der Waals surface area contributed by atoms with Gasteiger partial charge in [-0.3, -0.25) is 4.79 Å². The molecule has 6 heteroatoms. The van der Waals surface area contributed by atoms with Gasteiger partial charge < -0.3 is 19.3 Å². The number of aliphatic hydroxyl groups excluding tert-OH is 1. The summed E-state index contributed by atoms with van der Waals surface area (Å²) >= 11 is 0. The lowest BCUT2D eigenvalue weighted by Gasteiger charge is -2.29. The molecule has 0 aliphatic carbocycles. The van der Waals surface area contributed by atoms with E-state index >= 15 is 0 Å². The molecule has 0 radical (unpaired) electrons. The third-order valence-corrected chi connectivity index (χ3v) is 5.09. The standard InChI is InChI=1S/C22H22N2O4/c1-14(25)21-19(20(23-28-21)16-7-9-18(27-2)10-8-16)22(26)24-12-11-15-5-3-4-6-17(15)13-24/h3-10,14,25H,11-13H2,1-2H3/t14-/m0/s1. The number of hydrogen-bond acceptors (Lipinski definition) is 5. The summed E-state index contributed by atoms with van der Waals surface area (Å²) in [5.74, 6) is 0.718. The van der Waals surface area contributed by atoms with Gasteiger partial charge in [-0.2, -0.15) is 0 Å². The summed E-state index contributed by atoms with van der Waals surface area (Å²) in [6.45, 7) is 2.71. The van der Waals surface area contributed by atoms with E-state index < -0.39 is 6.10 Å². The quantitative estimate of drug-likeness (QED) is 0.751. The van der Waals surface area contributed by atoms with Crippen molar-refractivity contribution in [2.24, 2.45) is 0 Å². The lowest BCUT2D eigenvalue weighted by Crippen LogP contribution is -2.36. The average molecular weight is 378 g/mol. The summed E-state index contributed by atoms with van der Waals surface area (Å²) in [5, 5.41) is 14.2. The smallest absolute Gasteiger partial charge is 0.260 e. The predicted molar refractivity (Wildman–Crippen MR) is 104 cm³/mol. The molecule has 2 heterocycles. The third-order valence-electron chi connectivity index (χ3n) is 5.09. The molecule has 0 spiro atoms. The second-order valence-corrected chi connectivity index (χ2v) is 6.92. The maximum atomic E-state index is 13.4. The third kappa shape index (κ3) is 3.27. The van der Waals surface area contributed by atoms with Crippen LogP contribution in [0.5, 0.6) is 5.75 Å². The van der Waals surface area contributed by atoms with Gasteiger partial charge in [-0.05, 0) is 48.7 Å². The first-order valence-corrected chi connectivity index (χ1v) is 9.26. The number of hydrogen-bond donors (Lipinski definition) is 1. The highest BCUT2D eigenvalue weighted by Gasteiger charge is 2.31. The Balaban J connectivity index is 1.71. The molecule has 2 aromatic carbocycles. The minimum absolute atomic E-state index is 0.183. The molecule has 1 N–H and O–H groups in total. The lowest BCUT2D eigenvalue weighted by molar-refractivity contribution is 0.0723.